The van der Waals surface area contributed by atoms with Gasteiger partial charge in [0.2, 0.25) is 0 Å². The van der Waals surface area contributed by atoms with Crippen molar-refractivity contribution in [1.82, 2.24) is 20.2 Å². The van der Waals surface area contributed by atoms with Crippen LogP contribution in [0.3, 0.4) is 0 Å². The minimum atomic E-state index is -1.07. The number of aromatic nitrogens is 2. The van der Waals surface area contributed by atoms with E-state index < -0.39 is 18.0 Å². The number of H-pyrrole nitrogens is 1. The molecule has 16 heavy (non-hydrogen) atoms. The summed E-state index contributed by atoms with van der Waals surface area (Å²) < 4.78 is 0. The molecule has 0 aliphatic heterocycles. The van der Waals surface area contributed by atoms with Crippen molar-refractivity contribution >= 4 is 12.0 Å². The first-order valence-electron chi connectivity index (χ1n) is 4.73. The van der Waals surface area contributed by atoms with Crippen LogP contribution in [0.4, 0.5) is 4.79 Å². The molecule has 0 aliphatic rings. The van der Waals surface area contributed by atoms with Crippen molar-refractivity contribution in [3.05, 3.63) is 18.2 Å². The van der Waals surface area contributed by atoms with Crippen LogP contribution >= 0.6 is 0 Å². The molecule has 1 aromatic rings. The number of carbonyl (C=O) groups excluding carboxylic acids is 1. The monoisotopic (exact) mass is 226 g/mol. The lowest BCUT2D eigenvalue weighted by Gasteiger charge is -2.18. The number of carboxylic acid groups (broad SMARTS) is 1. The predicted octanol–water partition coefficient (Wildman–Crippen LogP) is 0.0242. The Bertz CT molecular complexity index is 363. The summed E-state index contributed by atoms with van der Waals surface area (Å²) >= 11 is 0. The van der Waals surface area contributed by atoms with Crippen LogP contribution in [0, 0.1) is 0 Å². The van der Waals surface area contributed by atoms with Gasteiger partial charge in [-0.1, -0.05) is 0 Å². The molecule has 0 radical (unpaired) electrons. The number of nitrogens with one attached hydrogen (secondary N) is 2. The molecule has 2 amide bonds. The van der Waals surface area contributed by atoms with Crippen LogP contribution in [-0.4, -0.2) is 45.1 Å². The van der Waals surface area contributed by atoms with Gasteiger partial charge in [0.05, 0.1) is 6.54 Å². The summed E-state index contributed by atoms with van der Waals surface area (Å²) in [7, 11) is 1.56. The number of nitrogens with zero attached hydrogens (tertiary/aromatic N) is 2. The fourth-order valence-corrected chi connectivity index (χ4v) is 1.04. The predicted molar refractivity (Wildman–Crippen MR) is 55.7 cm³/mol. The molecule has 1 aromatic heterocycles. The number of hydrogen-bond donors (Lipinski definition) is 3. The maximum atomic E-state index is 11.5. The van der Waals surface area contributed by atoms with Crippen LogP contribution in [0.1, 0.15) is 12.7 Å². The Balaban J connectivity index is 2.45. The highest BCUT2D eigenvalue weighted by atomic mass is 16.4. The fourth-order valence-electron chi connectivity index (χ4n) is 1.04. The maximum absolute atomic E-state index is 11.5. The average Bonchev–Trinajstić information content (AvgIpc) is 2.69. The van der Waals surface area contributed by atoms with Crippen LogP contribution in [0.5, 0.6) is 0 Å². The highest BCUT2D eigenvalue weighted by molar-refractivity contribution is 5.81. The number of urea groups is 1. The van der Waals surface area contributed by atoms with Gasteiger partial charge < -0.3 is 20.3 Å². The first-order valence-corrected chi connectivity index (χ1v) is 4.73. The number of amides is 2. The topological polar surface area (TPSA) is 98.3 Å². The molecule has 3 N–H and O–H groups in total. The van der Waals surface area contributed by atoms with E-state index >= 15 is 0 Å². The van der Waals surface area contributed by atoms with Crippen molar-refractivity contribution in [2.75, 3.05) is 7.05 Å². The van der Waals surface area contributed by atoms with Crippen LogP contribution in [0.25, 0.3) is 0 Å². The van der Waals surface area contributed by atoms with E-state index in [0.717, 1.165) is 0 Å². The van der Waals surface area contributed by atoms with Gasteiger partial charge in [0.1, 0.15) is 11.9 Å². The number of carboxylic acids is 1. The van der Waals surface area contributed by atoms with E-state index in [4.69, 9.17) is 5.11 Å². The summed E-state index contributed by atoms with van der Waals surface area (Å²) in [4.78, 5) is 30.2. The summed E-state index contributed by atoms with van der Waals surface area (Å²) in [6.07, 6.45) is 3.24. The minimum absolute atomic E-state index is 0.297. The Labute approximate surface area is 92.5 Å². The number of carbonyl (C=O) groups is 2. The maximum Gasteiger partial charge on any atom is 0.325 e. The summed E-state index contributed by atoms with van der Waals surface area (Å²) in [5, 5.41) is 11.0. The second kappa shape index (κ2) is 5.15. The average molecular weight is 226 g/mol. The van der Waals surface area contributed by atoms with Gasteiger partial charge in [0, 0.05) is 19.4 Å². The molecule has 0 spiro atoms. The number of aliphatic carboxylic acids is 1. The van der Waals surface area contributed by atoms with Crippen molar-refractivity contribution in [2.45, 2.75) is 19.5 Å². The lowest BCUT2D eigenvalue weighted by Crippen LogP contribution is -2.44. The van der Waals surface area contributed by atoms with E-state index in [0.29, 0.717) is 12.4 Å². The number of imidazole rings is 1. The van der Waals surface area contributed by atoms with Crippen LogP contribution in [-0.2, 0) is 11.3 Å². The second-order valence-corrected chi connectivity index (χ2v) is 3.40. The lowest BCUT2D eigenvalue weighted by molar-refractivity contribution is -0.138. The molecular weight excluding hydrogens is 212 g/mol. The smallest absolute Gasteiger partial charge is 0.325 e. The van der Waals surface area contributed by atoms with Crippen LogP contribution in [0.15, 0.2) is 12.4 Å². The molecule has 0 bridgehead atoms. The summed E-state index contributed by atoms with van der Waals surface area (Å²) in [5.41, 5.74) is 0. The molecule has 1 heterocycles. The van der Waals surface area contributed by atoms with Gasteiger partial charge in [-0.05, 0) is 6.92 Å². The molecule has 7 heteroatoms. The molecule has 0 saturated carbocycles. The Morgan fingerprint density at radius 3 is 2.88 bits per heavy atom. The van der Waals surface area contributed by atoms with E-state index in [2.05, 4.69) is 15.3 Å². The molecule has 0 aliphatic carbocycles. The van der Waals surface area contributed by atoms with Gasteiger partial charge in [-0.2, -0.15) is 0 Å². The van der Waals surface area contributed by atoms with Crippen molar-refractivity contribution in [3.8, 4) is 0 Å². The first kappa shape index (κ1) is 12.0. The lowest BCUT2D eigenvalue weighted by atomic mass is 10.3. The standard InChI is InChI=1S/C9H14N4O3/c1-6(8(14)15)12-9(16)13(2)5-7-10-3-4-11-7/h3-4,6H,5H2,1-2H3,(H,10,11)(H,12,16)(H,14,15). The van der Waals surface area contributed by atoms with Gasteiger partial charge >= 0.3 is 12.0 Å². The van der Waals surface area contributed by atoms with Crippen molar-refractivity contribution in [1.29, 1.82) is 0 Å². The van der Waals surface area contributed by atoms with Crippen LogP contribution in [0.2, 0.25) is 0 Å². The molecular formula is C9H14N4O3. The summed E-state index contributed by atoms with van der Waals surface area (Å²) in [6.45, 7) is 1.70. The quantitative estimate of drug-likeness (QED) is 0.674. The van der Waals surface area contributed by atoms with Gasteiger partial charge in [0.15, 0.2) is 0 Å². The fraction of sp³-hybridized carbons (Fsp3) is 0.444. The minimum Gasteiger partial charge on any atom is -0.480 e. The molecule has 0 saturated heterocycles. The number of hydrogen-bond acceptors (Lipinski definition) is 3. The summed E-state index contributed by atoms with van der Waals surface area (Å²) in [5.74, 6) is -0.430. The van der Waals surface area contributed by atoms with Crippen LogP contribution < -0.4 is 5.32 Å². The van der Waals surface area contributed by atoms with Crippen molar-refractivity contribution in [2.24, 2.45) is 0 Å². The molecule has 1 rings (SSSR count). The zero-order valence-corrected chi connectivity index (χ0v) is 9.10. The third-order valence-corrected chi connectivity index (χ3v) is 2.00. The third kappa shape index (κ3) is 3.26. The Hall–Kier alpha value is -2.05. The first-order chi connectivity index (χ1) is 7.50. The Kier molecular flexibility index (Phi) is 3.87. The summed E-state index contributed by atoms with van der Waals surface area (Å²) in [6, 6.07) is -1.36. The van der Waals surface area contributed by atoms with Gasteiger partial charge in [-0.25, -0.2) is 9.78 Å². The second-order valence-electron chi connectivity index (χ2n) is 3.40. The molecule has 7 nitrogen and oxygen atoms in total. The highest BCUT2D eigenvalue weighted by Gasteiger charge is 2.17. The third-order valence-electron chi connectivity index (χ3n) is 2.00. The molecule has 0 fully saturated rings. The van der Waals surface area contributed by atoms with E-state index in [1.54, 1.807) is 19.4 Å². The van der Waals surface area contributed by atoms with Gasteiger partial charge in [-0.3, -0.25) is 4.79 Å². The molecule has 88 valence electrons. The number of aromatic amines is 1. The van der Waals surface area contributed by atoms with Crippen molar-refractivity contribution < 1.29 is 14.7 Å². The molecule has 0 aromatic carbocycles. The SMILES string of the molecule is CC(NC(=O)N(C)Cc1ncc[nH]1)C(=O)O. The molecule has 1 unspecified atom stereocenters. The largest absolute Gasteiger partial charge is 0.480 e. The molecule has 1 atom stereocenters. The highest BCUT2D eigenvalue weighted by Crippen LogP contribution is 1.96. The Morgan fingerprint density at radius 1 is 1.69 bits per heavy atom. The van der Waals surface area contributed by atoms with E-state index in [-0.39, 0.29) is 0 Å². The van der Waals surface area contributed by atoms with Crippen molar-refractivity contribution in [3.63, 3.8) is 0 Å². The van der Waals surface area contributed by atoms with E-state index in [1.165, 1.54) is 11.8 Å². The van der Waals surface area contributed by atoms with Gasteiger partial charge in [0.25, 0.3) is 0 Å². The Morgan fingerprint density at radius 2 is 2.38 bits per heavy atom. The van der Waals surface area contributed by atoms with E-state index in [1.807, 2.05) is 0 Å². The normalized spacial score (nSPS) is 11.9. The zero-order chi connectivity index (χ0) is 12.1. The zero-order valence-electron chi connectivity index (χ0n) is 9.10. The van der Waals surface area contributed by atoms with E-state index in [9.17, 15) is 9.59 Å². The number of rotatable bonds is 4. The van der Waals surface area contributed by atoms with Gasteiger partial charge in [-0.15, -0.1) is 0 Å².